The van der Waals surface area contributed by atoms with Gasteiger partial charge in [-0.15, -0.1) is 0 Å². The van der Waals surface area contributed by atoms with Crippen LogP contribution in [0.1, 0.15) is 78.1 Å². The summed E-state index contributed by atoms with van der Waals surface area (Å²) in [6.45, 7) is 4.90. The van der Waals surface area contributed by atoms with E-state index in [1.54, 1.807) is 0 Å². The fraction of sp³-hybridized carbons (Fsp3) is 0.875. The highest BCUT2D eigenvalue weighted by Gasteiger charge is 2.11. The molecule has 1 aliphatic carbocycles. The first-order chi connectivity index (χ1) is 7.80. The van der Waals surface area contributed by atoms with E-state index in [2.05, 4.69) is 26.0 Å². The molecule has 0 aromatic carbocycles. The first kappa shape index (κ1) is 13.8. The van der Waals surface area contributed by atoms with Crippen molar-refractivity contribution >= 4 is 0 Å². The summed E-state index contributed by atoms with van der Waals surface area (Å²) in [4.78, 5) is 0. The molecule has 0 heteroatoms. The smallest absolute Gasteiger partial charge is 0.0351 e. The normalized spacial score (nSPS) is 30.9. The van der Waals surface area contributed by atoms with Crippen LogP contribution in [0.5, 0.6) is 0 Å². The molecule has 0 radical (unpaired) electrons. The lowest BCUT2D eigenvalue weighted by atomic mass is 9.87. The van der Waals surface area contributed by atoms with Crippen LogP contribution in [0.4, 0.5) is 0 Å². The van der Waals surface area contributed by atoms with Crippen molar-refractivity contribution in [2.45, 2.75) is 78.1 Å². The fourth-order valence-electron chi connectivity index (χ4n) is 2.62. The lowest BCUT2D eigenvalue weighted by molar-refractivity contribution is 0.326. The van der Waals surface area contributed by atoms with Gasteiger partial charge in [0.25, 0.3) is 0 Å². The van der Waals surface area contributed by atoms with Gasteiger partial charge in [0.15, 0.2) is 0 Å². The van der Waals surface area contributed by atoms with Gasteiger partial charge in [0.2, 0.25) is 0 Å². The average molecular weight is 222 g/mol. The summed E-state index contributed by atoms with van der Waals surface area (Å²) < 4.78 is 0. The van der Waals surface area contributed by atoms with Gasteiger partial charge in [0.05, 0.1) is 0 Å². The lowest BCUT2D eigenvalue weighted by Crippen LogP contribution is -2.08. The third-order valence-electron chi connectivity index (χ3n) is 4.20. The summed E-state index contributed by atoms with van der Waals surface area (Å²) >= 11 is 0. The van der Waals surface area contributed by atoms with Crippen LogP contribution in [0.15, 0.2) is 12.2 Å². The van der Waals surface area contributed by atoms with Crippen molar-refractivity contribution in [3.8, 4) is 0 Å². The molecule has 1 aliphatic rings. The first-order valence-electron chi connectivity index (χ1n) is 7.45. The summed E-state index contributed by atoms with van der Waals surface area (Å²) in [6.07, 6.45) is 18.9. The predicted molar refractivity (Wildman–Crippen MR) is 73.6 cm³/mol. The number of hydrogen-bond donors (Lipinski definition) is 0. The van der Waals surface area contributed by atoms with E-state index in [1.807, 2.05) is 0 Å². The van der Waals surface area contributed by atoms with E-state index in [9.17, 15) is 0 Å². The fourth-order valence-corrected chi connectivity index (χ4v) is 2.62. The Morgan fingerprint density at radius 2 is 1.12 bits per heavy atom. The molecule has 0 spiro atoms. The summed E-state index contributed by atoms with van der Waals surface area (Å²) in [5.41, 5.74) is 0. The molecular weight excluding hydrogens is 192 g/mol. The molecule has 0 fully saturated rings. The molecule has 0 aromatic rings. The van der Waals surface area contributed by atoms with Gasteiger partial charge in [0.1, 0.15) is 0 Å². The first-order valence-corrected chi connectivity index (χ1v) is 7.45. The summed E-state index contributed by atoms with van der Waals surface area (Å²) in [5.74, 6) is 1.86. The van der Waals surface area contributed by atoms with E-state index in [0.717, 1.165) is 11.8 Å². The van der Waals surface area contributed by atoms with Crippen molar-refractivity contribution in [3.05, 3.63) is 12.2 Å². The van der Waals surface area contributed by atoms with Crippen LogP contribution in [0.25, 0.3) is 0 Å². The Kier molecular flexibility index (Phi) is 7.63. The summed E-state index contributed by atoms with van der Waals surface area (Å²) in [5, 5.41) is 0. The van der Waals surface area contributed by atoms with Gasteiger partial charge in [-0.2, -0.15) is 0 Å². The zero-order valence-corrected chi connectivity index (χ0v) is 11.4. The maximum absolute atomic E-state index is 2.45. The number of rotatable bonds is 0. The van der Waals surface area contributed by atoms with Crippen LogP contribution in [0.2, 0.25) is 0 Å². The van der Waals surface area contributed by atoms with Gasteiger partial charge in [0, 0.05) is 0 Å². The molecule has 0 bridgehead atoms. The minimum Gasteiger partial charge on any atom is -0.0885 e. The van der Waals surface area contributed by atoms with Gasteiger partial charge in [-0.05, 0) is 37.5 Å². The van der Waals surface area contributed by atoms with Crippen molar-refractivity contribution in [2.24, 2.45) is 11.8 Å². The molecule has 2 unspecified atom stereocenters. The maximum atomic E-state index is 2.45. The quantitative estimate of drug-likeness (QED) is 0.459. The topological polar surface area (TPSA) is 0 Å². The molecule has 0 heterocycles. The summed E-state index contributed by atoms with van der Waals surface area (Å²) in [7, 11) is 0. The van der Waals surface area contributed by atoms with Crippen molar-refractivity contribution in [1.82, 2.24) is 0 Å². The minimum atomic E-state index is 0.927. The van der Waals surface area contributed by atoms with Crippen LogP contribution in [0.3, 0.4) is 0 Å². The Hall–Kier alpha value is -0.260. The van der Waals surface area contributed by atoms with Gasteiger partial charge in [-0.25, -0.2) is 0 Å². The summed E-state index contributed by atoms with van der Waals surface area (Å²) in [6, 6.07) is 0. The molecule has 0 saturated heterocycles. The van der Waals surface area contributed by atoms with E-state index < -0.39 is 0 Å². The molecule has 16 heavy (non-hydrogen) atoms. The Morgan fingerprint density at radius 1 is 0.625 bits per heavy atom. The van der Waals surface area contributed by atoms with Gasteiger partial charge in [-0.1, -0.05) is 64.5 Å². The zero-order valence-electron chi connectivity index (χ0n) is 11.4. The van der Waals surface area contributed by atoms with E-state index >= 15 is 0 Å². The molecule has 0 aliphatic heterocycles. The minimum absolute atomic E-state index is 0.927. The standard InChI is InChI=1S/C16H30/c1-15-13-11-9-7-5-3-4-6-8-10-12-14-16(15)2/h5,7,15-16H,3-4,6,8-14H2,1-2H3. The van der Waals surface area contributed by atoms with Crippen molar-refractivity contribution < 1.29 is 0 Å². The third kappa shape index (κ3) is 6.35. The van der Waals surface area contributed by atoms with Crippen LogP contribution < -0.4 is 0 Å². The Labute approximate surface area is 103 Å². The molecule has 0 N–H and O–H groups in total. The third-order valence-corrected chi connectivity index (χ3v) is 4.20. The average Bonchev–Trinajstić information content (AvgIpc) is 2.29. The molecule has 0 amide bonds. The second-order valence-electron chi connectivity index (χ2n) is 5.70. The Balaban J connectivity index is 2.29. The highest BCUT2D eigenvalue weighted by Crippen LogP contribution is 2.24. The largest absolute Gasteiger partial charge is 0.0885 e. The number of hydrogen-bond acceptors (Lipinski definition) is 0. The second kappa shape index (κ2) is 8.84. The second-order valence-corrected chi connectivity index (χ2v) is 5.70. The molecule has 0 saturated carbocycles. The lowest BCUT2D eigenvalue weighted by Gasteiger charge is -2.19. The van der Waals surface area contributed by atoms with Crippen LogP contribution in [-0.2, 0) is 0 Å². The van der Waals surface area contributed by atoms with Crippen molar-refractivity contribution in [1.29, 1.82) is 0 Å². The van der Waals surface area contributed by atoms with E-state index in [-0.39, 0.29) is 0 Å². The van der Waals surface area contributed by atoms with E-state index in [1.165, 1.54) is 64.2 Å². The molecule has 1 rings (SSSR count). The highest BCUT2D eigenvalue weighted by atomic mass is 14.2. The molecule has 0 nitrogen and oxygen atoms in total. The van der Waals surface area contributed by atoms with Gasteiger partial charge >= 0.3 is 0 Å². The highest BCUT2D eigenvalue weighted by molar-refractivity contribution is 4.81. The molecule has 94 valence electrons. The molecular formula is C16H30. The van der Waals surface area contributed by atoms with Crippen molar-refractivity contribution in [2.75, 3.05) is 0 Å². The zero-order chi connectivity index (χ0) is 11.6. The van der Waals surface area contributed by atoms with Gasteiger partial charge < -0.3 is 0 Å². The number of allylic oxidation sites excluding steroid dienone is 2. The molecule has 2 atom stereocenters. The monoisotopic (exact) mass is 222 g/mol. The maximum Gasteiger partial charge on any atom is -0.0351 e. The van der Waals surface area contributed by atoms with Crippen molar-refractivity contribution in [3.63, 3.8) is 0 Å². The molecule has 0 aromatic heterocycles. The van der Waals surface area contributed by atoms with Crippen LogP contribution in [0, 0.1) is 11.8 Å². The predicted octanol–water partition coefficient (Wildman–Crippen LogP) is 5.73. The SMILES string of the molecule is CC1CCCC=CCCCCCCCC1C. The van der Waals surface area contributed by atoms with E-state index in [0.29, 0.717) is 0 Å². The van der Waals surface area contributed by atoms with Gasteiger partial charge in [-0.3, -0.25) is 0 Å². The van der Waals surface area contributed by atoms with Crippen LogP contribution >= 0.6 is 0 Å². The van der Waals surface area contributed by atoms with Crippen LogP contribution in [-0.4, -0.2) is 0 Å². The Bertz CT molecular complexity index is 180. The van der Waals surface area contributed by atoms with E-state index in [4.69, 9.17) is 0 Å². The Morgan fingerprint density at radius 3 is 1.88 bits per heavy atom.